The van der Waals surface area contributed by atoms with Crippen molar-refractivity contribution in [3.8, 4) is 0 Å². The number of carbonyl (C=O) groups excluding carboxylic acids is 1. The summed E-state index contributed by atoms with van der Waals surface area (Å²) in [5.74, 6) is -0.955. The molecule has 1 aliphatic heterocycles. The third-order valence-corrected chi connectivity index (χ3v) is 3.51. The van der Waals surface area contributed by atoms with Crippen LogP contribution in [0.5, 0.6) is 0 Å². The molecule has 0 saturated carbocycles. The molecule has 17 heavy (non-hydrogen) atoms. The largest absolute Gasteiger partial charge is 0.466 e. The number of methoxy groups -OCH3 is 1. The Morgan fingerprint density at radius 3 is 2.88 bits per heavy atom. The lowest BCUT2D eigenvalue weighted by atomic mass is 9.97. The Morgan fingerprint density at radius 1 is 1.59 bits per heavy atom. The maximum atomic E-state index is 13.0. The zero-order valence-corrected chi connectivity index (χ0v) is 10.3. The van der Waals surface area contributed by atoms with Gasteiger partial charge in [0.2, 0.25) is 0 Å². The second kappa shape index (κ2) is 3.96. The van der Waals surface area contributed by atoms with E-state index in [1.165, 1.54) is 19.2 Å². The molecule has 3 nitrogen and oxygen atoms in total. The molecule has 92 valence electrons. The number of epoxide rings is 1. The first-order chi connectivity index (χ1) is 7.91. The van der Waals surface area contributed by atoms with E-state index in [4.69, 9.17) is 16.3 Å². The summed E-state index contributed by atoms with van der Waals surface area (Å²) < 4.78 is 22.8. The topological polar surface area (TPSA) is 38.8 Å². The quantitative estimate of drug-likeness (QED) is 0.474. The van der Waals surface area contributed by atoms with Crippen LogP contribution in [0.25, 0.3) is 0 Å². The number of benzene rings is 1. The van der Waals surface area contributed by atoms with Crippen molar-refractivity contribution in [1.29, 1.82) is 0 Å². The van der Waals surface area contributed by atoms with E-state index in [2.05, 4.69) is 4.74 Å². The fourth-order valence-electron chi connectivity index (χ4n) is 1.86. The van der Waals surface area contributed by atoms with E-state index in [1.807, 2.05) is 0 Å². The molecule has 1 aromatic carbocycles. The van der Waals surface area contributed by atoms with Gasteiger partial charge in [-0.15, -0.1) is 0 Å². The zero-order valence-electron chi connectivity index (χ0n) is 9.50. The second-order valence-electron chi connectivity index (χ2n) is 4.23. The summed E-state index contributed by atoms with van der Waals surface area (Å²) in [6.07, 6.45) is 0.351. The van der Waals surface area contributed by atoms with Crippen LogP contribution in [-0.2, 0) is 20.7 Å². The molecule has 0 aromatic heterocycles. The van der Waals surface area contributed by atoms with E-state index in [9.17, 15) is 9.18 Å². The van der Waals surface area contributed by atoms with Gasteiger partial charge in [-0.05, 0) is 24.6 Å². The highest BCUT2D eigenvalue weighted by atomic mass is 35.5. The fourth-order valence-corrected chi connectivity index (χ4v) is 2.17. The number of hydrogen-bond donors (Lipinski definition) is 0. The van der Waals surface area contributed by atoms with Crippen LogP contribution in [0.2, 0.25) is 0 Å². The predicted molar refractivity (Wildman–Crippen MR) is 60.2 cm³/mol. The summed E-state index contributed by atoms with van der Waals surface area (Å²) in [6.45, 7) is 1.70. The van der Waals surface area contributed by atoms with Gasteiger partial charge in [0, 0.05) is 6.42 Å². The van der Waals surface area contributed by atoms with Gasteiger partial charge >= 0.3 is 5.97 Å². The fraction of sp³-hybridized carbons (Fsp3) is 0.417. The molecule has 1 fully saturated rings. The average Bonchev–Trinajstić information content (AvgIpc) is 2.81. The maximum absolute atomic E-state index is 13.0. The molecular formula is C12H12ClFO3. The standard InChI is InChI=1S/C12H12ClFO3/c1-11(12(13,17-11)10(15)16-2)7-8-4-3-5-9(14)6-8/h3-6H,7H2,1-2H3. The van der Waals surface area contributed by atoms with Gasteiger partial charge in [0.25, 0.3) is 5.06 Å². The minimum atomic E-state index is -1.45. The van der Waals surface area contributed by atoms with E-state index in [0.717, 1.165) is 5.56 Å². The number of esters is 1. The SMILES string of the molecule is COC(=O)C1(Cl)OC1(C)Cc1cccc(F)c1. The molecule has 0 amide bonds. The molecule has 0 spiro atoms. The molecule has 5 heteroatoms. The molecule has 0 aliphatic carbocycles. The Bertz CT molecular complexity index is 465. The first-order valence-corrected chi connectivity index (χ1v) is 5.51. The van der Waals surface area contributed by atoms with E-state index in [1.54, 1.807) is 19.1 Å². The number of halogens is 2. The number of carbonyl (C=O) groups is 1. The van der Waals surface area contributed by atoms with Gasteiger partial charge in [-0.25, -0.2) is 9.18 Å². The Labute approximate surface area is 103 Å². The highest BCUT2D eigenvalue weighted by molar-refractivity contribution is 6.35. The Kier molecular flexibility index (Phi) is 2.87. The third-order valence-electron chi connectivity index (χ3n) is 2.88. The minimum Gasteiger partial charge on any atom is -0.466 e. The summed E-state index contributed by atoms with van der Waals surface area (Å²) in [7, 11) is 1.25. The second-order valence-corrected chi connectivity index (χ2v) is 4.76. The molecule has 1 aliphatic rings. The number of hydrogen-bond acceptors (Lipinski definition) is 3. The van der Waals surface area contributed by atoms with Crippen molar-refractivity contribution in [3.05, 3.63) is 35.6 Å². The van der Waals surface area contributed by atoms with Crippen molar-refractivity contribution in [2.45, 2.75) is 24.0 Å². The van der Waals surface area contributed by atoms with Crippen LogP contribution in [0, 0.1) is 5.82 Å². The van der Waals surface area contributed by atoms with Crippen molar-refractivity contribution in [1.82, 2.24) is 0 Å². The summed E-state index contributed by atoms with van der Waals surface area (Å²) in [5.41, 5.74) is -0.131. The normalized spacial score (nSPS) is 31.1. The maximum Gasteiger partial charge on any atom is 0.357 e. The van der Waals surface area contributed by atoms with E-state index in [0.29, 0.717) is 6.42 Å². The number of ether oxygens (including phenoxy) is 2. The van der Waals surface area contributed by atoms with Crippen molar-refractivity contribution in [2.75, 3.05) is 7.11 Å². The summed E-state index contributed by atoms with van der Waals surface area (Å²) in [6, 6.07) is 6.10. The lowest BCUT2D eigenvalue weighted by Crippen LogP contribution is -2.29. The van der Waals surface area contributed by atoms with Crippen molar-refractivity contribution < 1.29 is 18.7 Å². The van der Waals surface area contributed by atoms with E-state index in [-0.39, 0.29) is 5.82 Å². The monoisotopic (exact) mass is 258 g/mol. The van der Waals surface area contributed by atoms with Gasteiger partial charge in [0.1, 0.15) is 11.4 Å². The molecular weight excluding hydrogens is 247 g/mol. The predicted octanol–water partition coefficient (Wildman–Crippen LogP) is 2.27. The van der Waals surface area contributed by atoms with Gasteiger partial charge in [-0.3, -0.25) is 0 Å². The summed E-state index contributed by atoms with van der Waals surface area (Å²) in [5, 5.41) is -1.45. The van der Waals surface area contributed by atoms with Gasteiger partial charge in [0.15, 0.2) is 0 Å². The molecule has 0 bridgehead atoms. The zero-order chi connectivity index (χ0) is 12.7. The molecule has 1 heterocycles. The molecule has 1 saturated heterocycles. The molecule has 1 aromatic rings. The molecule has 2 atom stereocenters. The van der Waals surface area contributed by atoms with Gasteiger partial charge in [0.05, 0.1) is 7.11 Å². The first kappa shape index (κ1) is 12.3. The molecule has 2 unspecified atom stereocenters. The first-order valence-electron chi connectivity index (χ1n) is 5.13. The van der Waals surface area contributed by atoms with Gasteiger partial charge in [-0.2, -0.15) is 0 Å². The highest BCUT2D eigenvalue weighted by Gasteiger charge is 2.72. The Morgan fingerprint density at radius 2 is 2.29 bits per heavy atom. The van der Waals surface area contributed by atoms with Crippen LogP contribution < -0.4 is 0 Å². The van der Waals surface area contributed by atoms with Crippen LogP contribution in [0.3, 0.4) is 0 Å². The smallest absolute Gasteiger partial charge is 0.357 e. The Balaban J connectivity index is 2.14. The lowest BCUT2D eigenvalue weighted by Gasteiger charge is -2.09. The van der Waals surface area contributed by atoms with Crippen molar-refractivity contribution >= 4 is 17.6 Å². The van der Waals surface area contributed by atoms with Crippen LogP contribution >= 0.6 is 11.6 Å². The van der Waals surface area contributed by atoms with Crippen LogP contribution in [-0.4, -0.2) is 23.7 Å². The minimum absolute atomic E-state index is 0.329. The molecule has 2 rings (SSSR count). The summed E-state index contributed by atoms with van der Waals surface area (Å²) in [4.78, 5) is 11.4. The van der Waals surface area contributed by atoms with Crippen LogP contribution in [0.1, 0.15) is 12.5 Å². The van der Waals surface area contributed by atoms with Crippen molar-refractivity contribution in [2.24, 2.45) is 0 Å². The van der Waals surface area contributed by atoms with Gasteiger partial charge < -0.3 is 9.47 Å². The average molecular weight is 259 g/mol. The van der Waals surface area contributed by atoms with Crippen molar-refractivity contribution in [3.63, 3.8) is 0 Å². The number of alkyl halides is 1. The van der Waals surface area contributed by atoms with Crippen LogP contribution in [0.15, 0.2) is 24.3 Å². The van der Waals surface area contributed by atoms with E-state index < -0.39 is 16.6 Å². The summed E-state index contributed by atoms with van der Waals surface area (Å²) >= 11 is 6.00. The van der Waals surface area contributed by atoms with E-state index >= 15 is 0 Å². The van der Waals surface area contributed by atoms with Crippen LogP contribution in [0.4, 0.5) is 4.39 Å². The highest BCUT2D eigenvalue weighted by Crippen LogP contribution is 2.53. The van der Waals surface area contributed by atoms with Gasteiger partial charge in [-0.1, -0.05) is 23.7 Å². The third kappa shape index (κ3) is 2.03. The molecule has 0 radical (unpaired) electrons. The Hall–Kier alpha value is -1.13. The molecule has 0 N–H and O–H groups in total. The number of rotatable bonds is 3. The lowest BCUT2D eigenvalue weighted by molar-refractivity contribution is -0.143.